The number of benzene rings is 1. The van der Waals surface area contributed by atoms with Crippen molar-refractivity contribution < 1.29 is 14.2 Å². The number of methoxy groups -OCH3 is 2. The van der Waals surface area contributed by atoms with Crippen LogP contribution in [0.2, 0.25) is 0 Å². The van der Waals surface area contributed by atoms with Gasteiger partial charge in [0, 0.05) is 33.8 Å². The Morgan fingerprint density at radius 1 is 1.31 bits per heavy atom. The quantitative estimate of drug-likeness (QED) is 0.224. The van der Waals surface area contributed by atoms with Gasteiger partial charge in [-0.05, 0) is 52.4 Å². The SMILES string of the molecule is CN=C(NCc1cc(Br)c(OC)c(OC)c1)N(C)CCOCC1CC1.I. The fraction of sp³-hybridized carbons (Fsp3) is 0.611. The molecule has 6 nitrogen and oxygen atoms in total. The minimum Gasteiger partial charge on any atom is -0.493 e. The molecule has 0 aliphatic heterocycles. The maximum atomic E-state index is 5.70. The second-order valence-corrected chi connectivity index (χ2v) is 7.01. The molecule has 0 saturated heterocycles. The highest BCUT2D eigenvalue weighted by Crippen LogP contribution is 2.36. The number of halogens is 2. The van der Waals surface area contributed by atoms with Crippen molar-refractivity contribution in [3.8, 4) is 11.5 Å². The molecule has 0 heterocycles. The highest BCUT2D eigenvalue weighted by atomic mass is 127. The Morgan fingerprint density at radius 3 is 2.62 bits per heavy atom. The lowest BCUT2D eigenvalue weighted by Gasteiger charge is -2.22. The third kappa shape index (κ3) is 7.11. The summed E-state index contributed by atoms with van der Waals surface area (Å²) in [5, 5.41) is 3.37. The van der Waals surface area contributed by atoms with Crippen molar-refractivity contribution in [1.29, 1.82) is 0 Å². The first-order valence-electron chi connectivity index (χ1n) is 8.49. The fourth-order valence-corrected chi connectivity index (χ4v) is 3.13. The molecule has 0 bridgehead atoms. The van der Waals surface area contributed by atoms with Gasteiger partial charge in [0.2, 0.25) is 0 Å². The highest BCUT2D eigenvalue weighted by molar-refractivity contribution is 14.0. The Bertz CT molecular complexity index is 597. The first-order chi connectivity index (χ1) is 12.1. The van der Waals surface area contributed by atoms with Crippen LogP contribution in [0.25, 0.3) is 0 Å². The molecular formula is C18H29BrIN3O3. The van der Waals surface area contributed by atoms with Gasteiger partial charge in [0.25, 0.3) is 0 Å². The summed E-state index contributed by atoms with van der Waals surface area (Å²) >= 11 is 3.52. The summed E-state index contributed by atoms with van der Waals surface area (Å²) in [6, 6.07) is 3.98. The van der Waals surface area contributed by atoms with Crippen molar-refractivity contribution in [3.05, 3.63) is 22.2 Å². The second kappa shape index (κ2) is 11.9. The normalized spacial score (nSPS) is 13.8. The van der Waals surface area contributed by atoms with Gasteiger partial charge in [-0.3, -0.25) is 4.99 Å². The van der Waals surface area contributed by atoms with Crippen LogP contribution in [0.1, 0.15) is 18.4 Å². The molecule has 1 fully saturated rings. The van der Waals surface area contributed by atoms with E-state index in [1.54, 1.807) is 21.3 Å². The fourth-order valence-electron chi connectivity index (χ4n) is 2.48. The van der Waals surface area contributed by atoms with Crippen LogP contribution in [0.3, 0.4) is 0 Å². The second-order valence-electron chi connectivity index (χ2n) is 6.15. The molecule has 1 aromatic rings. The molecule has 1 N–H and O–H groups in total. The minimum atomic E-state index is 0. The molecule has 1 aliphatic carbocycles. The van der Waals surface area contributed by atoms with Crippen LogP contribution in [-0.4, -0.2) is 58.9 Å². The predicted molar refractivity (Wildman–Crippen MR) is 119 cm³/mol. The average Bonchev–Trinajstić information content (AvgIpc) is 3.43. The number of guanidine groups is 1. The van der Waals surface area contributed by atoms with Gasteiger partial charge in [0.1, 0.15) is 0 Å². The van der Waals surface area contributed by atoms with Gasteiger partial charge in [0.05, 0.1) is 25.3 Å². The third-order valence-electron chi connectivity index (χ3n) is 4.14. The van der Waals surface area contributed by atoms with Gasteiger partial charge < -0.3 is 24.4 Å². The Balaban J connectivity index is 0.00000338. The van der Waals surface area contributed by atoms with E-state index in [1.807, 2.05) is 19.2 Å². The van der Waals surface area contributed by atoms with Crippen LogP contribution in [-0.2, 0) is 11.3 Å². The van der Waals surface area contributed by atoms with E-state index >= 15 is 0 Å². The lowest BCUT2D eigenvalue weighted by Crippen LogP contribution is -2.40. The van der Waals surface area contributed by atoms with Gasteiger partial charge >= 0.3 is 0 Å². The molecule has 0 spiro atoms. The van der Waals surface area contributed by atoms with E-state index in [2.05, 4.69) is 31.1 Å². The van der Waals surface area contributed by atoms with Crippen molar-refractivity contribution in [2.24, 2.45) is 10.9 Å². The lowest BCUT2D eigenvalue weighted by atomic mass is 10.2. The van der Waals surface area contributed by atoms with Crippen LogP contribution >= 0.6 is 39.9 Å². The zero-order valence-electron chi connectivity index (χ0n) is 15.9. The van der Waals surface area contributed by atoms with Crippen molar-refractivity contribution in [1.82, 2.24) is 10.2 Å². The lowest BCUT2D eigenvalue weighted by molar-refractivity contribution is 0.115. The van der Waals surface area contributed by atoms with Gasteiger partial charge in [-0.2, -0.15) is 0 Å². The molecule has 1 saturated carbocycles. The van der Waals surface area contributed by atoms with Crippen molar-refractivity contribution in [3.63, 3.8) is 0 Å². The molecule has 2 rings (SSSR count). The highest BCUT2D eigenvalue weighted by Gasteiger charge is 2.21. The first-order valence-corrected chi connectivity index (χ1v) is 9.28. The van der Waals surface area contributed by atoms with E-state index in [-0.39, 0.29) is 24.0 Å². The smallest absolute Gasteiger partial charge is 0.193 e. The third-order valence-corrected chi connectivity index (χ3v) is 4.73. The number of likely N-dealkylation sites (N-methyl/N-ethyl adjacent to an activating group) is 1. The summed E-state index contributed by atoms with van der Waals surface area (Å²) in [4.78, 5) is 6.41. The van der Waals surface area contributed by atoms with Crippen LogP contribution in [0.5, 0.6) is 11.5 Å². The first kappa shape index (κ1) is 23.3. The Kier molecular flexibility index (Phi) is 10.6. The van der Waals surface area contributed by atoms with Crippen LogP contribution in [0, 0.1) is 5.92 Å². The van der Waals surface area contributed by atoms with Gasteiger partial charge in [-0.1, -0.05) is 0 Å². The molecule has 0 amide bonds. The number of ether oxygens (including phenoxy) is 3. The van der Waals surface area contributed by atoms with Crippen LogP contribution < -0.4 is 14.8 Å². The van der Waals surface area contributed by atoms with Crippen molar-refractivity contribution in [2.45, 2.75) is 19.4 Å². The topological polar surface area (TPSA) is 55.3 Å². The molecule has 0 radical (unpaired) electrons. The maximum absolute atomic E-state index is 5.70. The van der Waals surface area contributed by atoms with Gasteiger partial charge in [0.15, 0.2) is 17.5 Å². The Morgan fingerprint density at radius 2 is 2.04 bits per heavy atom. The molecule has 0 atom stereocenters. The summed E-state index contributed by atoms with van der Waals surface area (Å²) in [6.07, 6.45) is 2.64. The van der Waals surface area contributed by atoms with Crippen LogP contribution in [0.4, 0.5) is 0 Å². The zero-order valence-corrected chi connectivity index (χ0v) is 19.8. The number of hydrogen-bond donors (Lipinski definition) is 1. The summed E-state index contributed by atoms with van der Waals surface area (Å²) < 4.78 is 17.3. The average molecular weight is 542 g/mol. The number of nitrogens with zero attached hydrogens (tertiary/aromatic N) is 2. The number of aliphatic imine (C=N–C) groups is 1. The summed E-state index contributed by atoms with van der Waals surface area (Å²) in [5.41, 5.74) is 1.07. The number of hydrogen-bond acceptors (Lipinski definition) is 4. The van der Waals surface area contributed by atoms with Gasteiger partial charge in [-0.15, -0.1) is 24.0 Å². The molecular weight excluding hydrogens is 513 g/mol. The van der Waals surface area contributed by atoms with Gasteiger partial charge in [-0.25, -0.2) is 0 Å². The van der Waals surface area contributed by atoms with E-state index in [1.165, 1.54) is 12.8 Å². The predicted octanol–water partition coefficient (Wildman–Crippen LogP) is 3.52. The number of nitrogens with one attached hydrogen (secondary N) is 1. The molecule has 0 aromatic heterocycles. The zero-order chi connectivity index (χ0) is 18.2. The Hall–Kier alpha value is -0.740. The van der Waals surface area contributed by atoms with E-state index < -0.39 is 0 Å². The van der Waals surface area contributed by atoms with E-state index in [0.29, 0.717) is 18.0 Å². The minimum absolute atomic E-state index is 0. The van der Waals surface area contributed by atoms with Crippen molar-refractivity contribution in [2.75, 3.05) is 48.1 Å². The summed E-state index contributed by atoms with van der Waals surface area (Å²) in [5.74, 6) is 3.03. The summed E-state index contributed by atoms with van der Waals surface area (Å²) in [6.45, 7) is 3.05. The van der Waals surface area contributed by atoms with Crippen molar-refractivity contribution >= 4 is 45.9 Å². The molecule has 8 heteroatoms. The summed E-state index contributed by atoms with van der Waals surface area (Å²) in [7, 11) is 7.06. The maximum Gasteiger partial charge on any atom is 0.193 e. The standard InChI is InChI=1S/C18H28BrN3O3.HI/c1-20-18(22(2)7-8-25-12-13-5-6-13)21-11-14-9-15(19)17(24-4)16(10-14)23-3;/h9-10,13H,5-8,11-12H2,1-4H3,(H,20,21);1H. The molecule has 26 heavy (non-hydrogen) atoms. The molecule has 148 valence electrons. The molecule has 1 aliphatic rings. The molecule has 0 unspecified atom stereocenters. The Labute approximate surface area is 181 Å². The monoisotopic (exact) mass is 541 g/mol. The largest absolute Gasteiger partial charge is 0.493 e. The molecule has 1 aromatic carbocycles. The van der Waals surface area contributed by atoms with E-state index in [9.17, 15) is 0 Å². The van der Waals surface area contributed by atoms with Crippen LogP contribution in [0.15, 0.2) is 21.6 Å². The van der Waals surface area contributed by atoms with E-state index in [4.69, 9.17) is 14.2 Å². The van der Waals surface area contributed by atoms with E-state index in [0.717, 1.165) is 41.7 Å². The number of rotatable bonds is 9.